The molecule has 34 heavy (non-hydrogen) atoms. The predicted octanol–water partition coefficient (Wildman–Crippen LogP) is 0.435. The summed E-state index contributed by atoms with van der Waals surface area (Å²) in [6.07, 6.45) is -1.91. The van der Waals surface area contributed by atoms with E-state index in [9.17, 15) is 19.2 Å². The SMILES string of the molecule is Cc1nc(N)ccc1CNC(=O)[C@H](CCC(N)=O)NC(=O)[C@@H](CCc1ccccc1)OC(N)=O. The van der Waals surface area contributed by atoms with Gasteiger partial charge in [-0.05, 0) is 43.4 Å². The number of nitrogen functional groups attached to an aromatic ring is 1. The van der Waals surface area contributed by atoms with E-state index in [0.29, 0.717) is 17.9 Å². The number of nitrogens with two attached hydrogens (primary N) is 3. The molecule has 0 spiro atoms. The lowest BCUT2D eigenvalue weighted by molar-refractivity contribution is -0.134. The zero-order valence-electron chi connectivity index (χ0n) is 19.0. The third-order valence-corrected chi connectivity index (χ3v) is 5.07. The van der Waals surface area contributed by atoms with E-state index < -0.39 is 36.0 Å². The van der Waals surface area contributed by atoms with E-state index in [4.69, 9.17) is 21.9 Å². The zero-order valence-corrected chi connectivity index (χ0v) is 19.0. The molecule has 0 radical (unpaired) electrons. The van der Waals surface area contributed by atoms with E-state index in [-0.39, 0.29) is 25.8 Å². The van der Waals surface area contributed by atoms with Gasteiger partial charge in [0.25, 0.3) is 5.91 Å². The first-order valence-corrected chi connectivity index (χ1v) is 10.7. The van der Waals surface area contributed by atoms with Crippen LogP contribution in [0.3, 0.4) is 0 Å². The lowest BCUT2D eigenvalue weighted by Gasteiger charge is -2.22. The van der Waals surface area contributed by atoms with Gasteiger partial charge >= 0.3 is 6.09 Å². The quantitative estimate of drug-likeness (QED) is 0.297. The predicted molar refractivity (Wildman–Crippen MR) is 125 cm³/mol. The molecule has 0 bridgehead atoms. The molecule has 2 atom stereocenters. The van der Waals surface area contributed by atoms with Gasteiger partial charge in [0.2, 0.25) is 11.8 Å². The minimum Gasteiger partial charge on any atom is -0.436 e. The lowest BCUT2D eigenvalue weighted by Crippen LogP contribution is -2.51. The van der Waals surface area contributed by atoms with Gasteiger partial charge in [-0.2, -0.15) is 0 Å². The smallest absolute Gasteiger partial charge is 0.405 e. The highest BCUT2D eigenvalue weighted by atomic mass is 16.6. The fourth-order valence-corrected chi connectivity index (χ4v) is 3.25. The molecule has 1 aromatic carbocycles. The van der Waals surface area contributed by atoms with Crippen molar-refractivity contribution in [1.82, 2.24) is 15.6 Å². The number of anilines is 1. The van der Waals surface area contributed by atoms with E-state index in [1.165, 1.54) is 0 Å². The van der Waals surface area contributed by atoms with Crippen LogP contribution in [-0.2, 0) is 32.1 Å². The van der Waals surface area contributed by atoms with Gasteiger partial charge in [0.1, 0.15) is 11.9 Å². The molecule has 0 fully saturated rings. The Kier molecular flexibility index (Phi) is 9.81. The minimum atomic E-state index is -1.22. The summed E-state index contributed by atoms with van der Waals surface area (Å²) >= 11 is 0. The van der Waals surface area contributed by atoms with Gasteiger partial charge in [-0.25, -0.2) is 9.78 Å². The molecule has 11 nitrogen and oxygen atoms in total. The Morgan fingerprint density at radius 1 is 1.00 bits per heavy atom. The van der Waals surface area contributed by atoms with E-state index >= 15 is 0 Å². The monoisotopic (exact) mass is 470 g/mol. The fraction of sp³-hybridized carbons (Fsp3) is 0.348. The van der Waals surface area contributed by atoms with Crippen LogP contribution in [0.15, 0.2) is 42.5 Å². The number of carbonyl (C=O) groups excluding carboxylic acids is 4. The Balaban J connectivity index is 2.07. The van der Waals surface area contributed by atoms with Gasteiger partial charge < -0.3 is 32.6 Å². The summed E-state index contributed by atoms with van der Waals surface area (Å²) in [5.41, 5.74) is 18.3. The highest BCUT2D eigenvalue weighted by Gasteiger charge is 2.28. The minimum absolute atomic E-state index is 0.0339. The number of pyridine rings is 1. The van der Waals surface area contributed by atoms with E-state index in [2.05, 4.69) is 15.6 Å². The molecule has 0 unspecified atom stereocenters. The normalized spacial score (nSPS) is 12.3. The maximum atomic E-state index is 12.9. The molecule has 2 rings (SSSR count). The summed E-state index contributed by atoms with van der Waals surface area (Å²) in [5.74, 6) is -1.51. The highest BCUT2D eigenvalue weighted by molar-refractivity contribution is 5.90. The van der Waals surface area contributed by atoms with Crippen molar-refractivity contribution in [3.05, 3.63) is 59.3 Å². The van der Waals surface area contributed by atoms with Crippen LogP contribution in [-0.4, -0.2) is 40.9 Å². The van der Waals surface area contributed by atoms with Crippen molar-refractivity contribution >= 4 is 29.6 Å². The lowest BCUT2D eigenvalue weighted by atomic mass is 10.0. The number of nitrogens with zero attached hydrogens (tertiary/aromatic N) is 1. The van der Waals surface area contributed by atoms with Gasteiger partial charge in [-0.15, -0.1) is 0 Å². The molecule has 0 saturated carbocycles. The maximum Gasteiger partial charge on any atom is 0.405 e. The molecule has 0 aliphatic rings. The highest BCUT2D eigenvalue weighted by Crippen LogP contribution is 2.11. The number of hydrogen-bond acceptors (Lipinski definition) is 7. The van der Waals surface area contributed by atoms with Crippen LogP contribution < -0.4 is 27.8 Å². The number of carbonyl (C=O) groups is 4. The first-order chi connectivity index (χ1) is 16.2. The molecule has 1 heterocycles. The van der Waals surface area contributed by atoms with Gasteiger partial charge in [-0.1, -0.05) is 36.4 Å². The van der Waals surface area contributed by atoms with Crippen molar-refractivity contribution in [2.45, 2.75) is 51.3 Å². The molecule has 2 aromatic rings. The van der Waals surface area contributed by atoms with Crippen molar-refractivity contribution < 1.29 is 23.9 Å². The summed E-state index contributed by atoms with van der Waals surface area (Å²) in [7, 11) is 0. The Hall–Kier alpha value is -4.15. The van der Waals surface area contributed by atoms with Crippen molar-refractivity contribution in [2.75, 3.05) is 5.73 Å². The van der Waals surface area contributed by atoms with E-state index in [0.717, 1.165) is 11.1 Å². The molecule has 11 heteroatoms. The van der Waals surface area contributed by atoms with E-state index in [1.807, 2.05) is 30.3 Å². The van der Waals surface area contributed by atoms with Gasteiger partial charge in [0.15, 0.2) is 6.10 Å². The number of primary amides is 2. The number of rotatable bonds is 12. The Morgan fingerprint density at radius 2 is 1.71 bits per heavy atom. The number of amides is 4. The number of aromatic nitrogens is 1. The topological polar surface area (TPSA) is 193 Å². The molecule has 8 N–H and O–H groups in total. The summed E-state index contributed by atoms with van der Waals surface area (Å²) in [5, 5.41) is 5.25. The summed E-state index contributed by atoms with van der Waals surface area (Å²) in [6.45, 7) is 1.89. The van der Waals surface area contributed by atoms with Crippen molar-refractivity contribution in [1.29, 1.82) is 0 Å². The molecule has 0 aliphatic carbocycles. The fourth-order valence-electron chi connectivity index (χ4n) is 3.25. The number of hydrogen-bond donors (Lipinski definition) is 5. The van der Waals surface area contributed by atoms with Gasteiger partial charge in [-0.3, -0.25) is 14.4 Å². The van der Waals surface area contributed by atoms with Gasteiger partial charge in [0, 0.05) is 18.7 Å². The molecule has 0 aliphatic heterocycles. The van der Waals surface area contributed by atoms with E-state index in [1.54, 1.807) is 19.1 Å². The number of nitrogens with one attached hydrogen (secondary N) is 2. The second-order valence-electron chi connectivity index (χ2n) is 7.71. The Bertz CT molecular complexity index is 1010. The summed E-state index contributed by atoms with van der Waals surface area (Å²) < 4.78 is 4.98. The van der Waals surface area contributed by atoms with Crippen molar-refractivity contribution in [3.63, 3.8) is 0 Å². The standard InChI is InChI=1S/C23H30N6O5/c1-14-16(8-11-19(24)28-14)13-27-21(31)17(9-12-20(25)30)29-22(32)18(34-23(26)33)10-7-15-5-3-2-4-6-15/h2-6,8,11,17-18H,7,9-10,12-13H2,1H3,(H2,24,28)(H2,25,30)(H2,26,33)(H,27,31)(H,29,32)/t17-,18+/m0/s1. The Labute approximate surface area is 197 Å². The maximum absolute atomic E-state index is 12.9. The molecular weight excluding hydrogens is 440 g/mol. The number of aryl methyl sites for hydroxylation is 2. The second kappa shape index (κ2) is 12.8. The first-order valence-electron chi connectivity index (χ1n) is 10.7. The van der Waals surface area contributed by atoms with Gasteiger partial charge in [0.05, 0.1) is 0 Å². The Morgan fingerprint density at radius 3 is 2.32 bits per heavy atom. The molecular formula is C23H30N6O5. The van der Waals surface area contributed by atoms with Crippen LogP contribution >= 0.6 is 0 Å². The van der Waals surface area contributed by atoms with Crippen LogP contribution in [0.2, 0.25) is 0 Å². The number of ether oxygens (including phenoxy) is 1. The third kappa shape index (κ3) is 8.77. The average molecular weight is 471 g/mol. The van der Waals surface area contributed by atoms with Crippen LogP contribution in [0.5, 0.6) is 0 Å². The van der Waals surface area contributed by atoms with Crippen molar-refractivity contribution in [2.24, 2.45) is 11.5 Å². The van der Waals surface area contributed by atoms with Crippen LogP contribution in [0.1, 0.15) is 36.1 Å². The van der Waals surface area contributed by atoms with Crippen molar-refractivity contribution in [3.8, 4) is 0 Å². The largest absolute Gasteiger partial charge is 0.436 e. The molecule has 4 amide bonds. The molecule has 0 saturated heterocycles. The molecule has 1 aromatic heterocycles. The average Bonchev–Trinajstić information content (AvgIpc) is 2.78. The van der Waals surface area contributed by atoms with Crippen LogP contribution in [0.25, 0.3) is 0 Å². The second-order valence-corrected chi connectivity index (χ2v) is 7.71. The summed E-state index contributed by atoms with van der Waals surface area (Å²) in [4.78, 5) is 52.4. The number of benzene rings is 1. The zero-order chi connectivity index (χ0) is 25.1. The van der Waals surface area contributed by atoms with Crippen LogP contribution in [0.4, 0.5) is 10.6 Å². The first kappa shape index (κ1) is 26.1. The van der Waals surface area contributed by atoms with Crippen LogP contribution in [0, 0.1) is 6.92 Å². The summed E-state index contributed by atoms with van der Waals surface area (Å²) in [6, 6.07) is 11.6. The molecule has 182 valence electrons. The third-order valence-electron chi connectivity index (χ3n) is 5.07.